The lowest BCUT2D eigenvalue weighted by Crippen LogP contribution is -2.34. The summed E-state index contributed by atoms with van der Waals surface area (Å²) in [6.45, 7) is 1.48. The van der Waals surface area contributed by atoms with Crippen LogP contribution in [0.5, 0.6) is 0 Å². The van der Waals surface area contributed by atoms with Gasteiger partial charge >= 0.3 is 0 Å². The van der Waals surface area contributed by atoms with E-state index in [1.165, 1.54) is 0 Å². The fourth-order valence-electron chi connectivity index (χ4n) is 2.26. The van der Waals surface area contributed by atoms with Crippen molar-refractivity contribution in [3.05, 3.63) is 27.7 Å². The number of hydrogen-bond donors (Lipinski definition) is 1. The van der Waals surface area contributed by atoms with Gasteiger partial charge in [0.15, 0.2) is 0 Å². The fourth-order valence-corrected chi connectivity index (χ4v) is 2.60. The summed E-state index contributed by atoms with van der Waals surface area (Å²) in [5.74, 6) is -0.0467. The third-order valence-electron chi connectivity index (χ3n) is 3.48. The summed E-state index contributed by atoms with van der Waals surface area (Å²) in [6, 6.07) is 3.56. The number of nitrogens with two attached hydrogens (primary N) is 1. The summed E-state index contributed by atoms with van der Waals surface area (Å²) >= 11 is 11.8. The Kier molecular flexibility index (Phi) is 4.23. The Labute approximate surface area is 123 Å². The summed E-state index contributed by atoms with van der Waals surface area (Å²) in [5, 5.41) is 0.610. The Bertz CT molecular complexity index is 482. The van der Waals surface area contributed by atoms with Crippen LogP contribution in [0.1, 0.15) is 16.8 Å². The highest BCUT2D eigenvalue weighted by molar-refractivity contribution is 6.43. The molecule has 19 heavy (non-hydrogen) atoms. The highest BCUT2D eigenvalue weighted by Gasteiger charge is 2.28. The maximum absolute atomic E-state index is 12.4. The van der Waals surface area contributed by atoms with Crippen LogP contribution in [0.15, 0.2) is 12.1 Å². The number of likely N-dealkylation sites (N-methyl/N-ethyl adjacent to an activating group) is 1. The minimum absolute atomic E-state index is 0.0467. The summed E-state index contributed by atoms with van der Waals surface area (Å²) < 4.78 is 0. The summed E-state index contributed by atoms with van der Waals surface area (Å²) in [6.07, 6.45) is 0.982. The van der Waals surface area contributed by atoms with Crippen LogP contribution in [0.4, 0.5) is 5.69 Å². The summed E-state index contributed by atoms with van der Waals surface area (Å²) in [4.78, 5) is 16.3. The van der Waals surface area contributed by atoms with Crippen molar-refractivity contribution in [2.45, 2.75) is 12.5 Å². The van der Waals surface area contributed by atoms with Crippen molar-refractivity contribution in [3.63, 3.8) is 0 Å². The van der Waals surface area contributed by atoms with E-state index in [1.54, 1.807) is 12.1 Å². The molecule has 1 atom stereocenters. The van der Waals surface area contributed by atoms with Crippen molar-refractivity contribution in [1.82, 2.24) is 9.80 Å². The molecule has 0 spiro atoms. The molecule has 0 bridgehead atoms. The second-order valence-corrected chi connectivity index (χ2v) is 5.80. The van der Waals surface area contributed by atoms with Gasteiger partial charge in [0.25, 0.3) is 5.91 Å². The number of anilines is 1. The van der Waals surface area contributed by atoms with E-state index >= 15 is 0 Å². The van der Waals surface area contributed by atoms with Gasteiger partial charge in [-0.1, -0.05) is 23.2 Å². The minimum Gasteiger partial charge on any atom is -0.397 e. The molecule has 1 aromatic carbocycles. The Morgan fingerprint density at radius 2 is 2.11 bits per heavy atom. The Morgan fingerprint density at radius 3 is 2.63 bits per heavy atom. The van der Waals surface area contributed by atoms with E-state index in [1.807, 2.05) is 19.0 Å². The van der Waals surface area contributed by atoms with Gasteiger partial charge in [-0.15, -0.1) is 0 Å². The molecule has 1 amide bonds. The fraction of sp³-hybridized carbons (Fsp3) is 0.462. The maximum atomic E-state index is 12.4. The third kappa shape index (κ3) is 2.96. The predicted octanol–water partition coefficient (Wildman–Crippen LogP) is 2.35. The predicted molar refractivity (Wildman–Crippen MR) is 78.9 cm³/mol. The molecule has 1 saturated heterocycles. The van der Waals surface area contributed by atoms with E-state index in [0.717, 1.165) is 19.5 Å². The molecule has 1 unspecified atom stereocenters. The van der Waals surface area contributed by atoms with Crippen LogP contribution in [0.3, 0.4) is 0 Å². The normalized spacial score (nSPS) is 19.2. The molecule has 0 saturated carbocycles. The average molecular weight is 302 g/mol. The largest absolute Gasteiger partial charge is 0.397 e. The van der Waals surface area contributed by atoms with Crippen LogP contribution in [0, 0.1) is 0 Å². The van der Waals surface area contributed by atoms with Crippen molar-refractivity contribution in [1.29, 1.82) is 0 Å². The van der Waals surface area contributed by atoms with E-state index in [9.17, 15) is 4.79 Å². The standard InChI is InChI=1S/C13H17Cl2N3O/c1-17(2)9-3-4-18(7-9)13(19)8-5-10(14)12(15)11(16)6-8/h5-6,9H,3-4,7,16H2,1-2H3. The molecular formula is C13H17Cl2N3O. The van der Waals surface area contributed by atoms with Gasteiger partial charge in [0, 0.05) is 24.7 Å². The molecule has 104 valence electrons. The number of halogens is 2. The number of nitrogens with zero attached hydrogens (tertiary/aromatic N) is 2. The molecule has 0 aliphatic carbocycles. The summed E-state index contributed by atoms with van der Waals surface area (Å²) in [5.41, 5.74) is 6.56. The van der Waals surface area contributed by atoms with Gasteiger partial charge in [0.1, 0.15) is 0 Å². The molecule has 1 aliphatic heterocycles. The number of rotatable bonds is 2. The molecule has 2 N–H and O–H groups in total. The van der Waals surface area contributed by atoms with E-state index < -0.39 is 0 Å². The second-order valence-electron chi connectivity index (χ2n) is 5.02. The molecule has 0 radical (unpaired) electrons. The first-order valence-electron chi connectivity index (χ1n) is 6.10. The number of hydrogen-bond acceptors (Lipinski definition) is 3. The van der Waals surface area contributed by atoms with Crippen LogP contribution < -0.4 is 5.73 Å². The number of carbonyl (C=O) groups is 1. The SMILES string of the molecule is CN(C)C1CCN(C(=O)c2cc(N)c(Cl)c(Cl)c2)C1. The number of carbonyl (C=O) groups excluding carboxylic acids is 1. The number of nitrogen functional groups attached to an aromatic ring is 1. The van der Waals surface area contributed by atoms with Crippen molar-refractivity contribution in [3.8, 4) is 0 Å². The first-order chi connectivity index (χ1) is 8.90. The van der Waals surface area contributed by atoms with Crippen LogP contribution in [0.25, 0.3) is 0 Å². The smallest absolute Gasteiger partial charge is 0.254 e. The topological polar surface area (TPSA) is 49.6 Å². The summed E-state index contributed by atoms with van der Waals surface area (Å²) in [7, 11) is 4.05. The van der Waals surface area contributed by atoms with Crippen molar-refractivity contribution >= 4 is 34.8 Å². The lowest BCUT2D eigenvalue weighted by atomic mass is 10.2. The first kappa shape index (κ1) is 14.4. The highest BCUT2D eigenvalue weighted by Crippen LogP contribution is 2.30. The van der Waals surface area contributed by atoms with Gasteiger partial charge in [-0.2, -0.15) is 0 Å². The zero-order valence-corrected chi connectivity index (χ0v) is 12.5. The van der Waals surface area contributed by atoms with Crippen LogP contribution in [-0.4, -0.2) is 48.9 Å². The average Bonchev–Trinajstić information content (AvgIpc) is 2.84. The molecule has 0 aromatic heterocycles. The number of amides is 1. The molecular weight excluding hydrogens is 285 g/mol. The maximum Gasteiger partial charge on any atom is 0.254 e. The molecule has 1 aromatic rings. The Balaban J connectivity index is 2.17. The molecule has 1 heterocycles. The first-order valence-corrected chi connectivity index (χ1v) is 6.86. The Hall–Kier alpha value is -0.970. The molecule has 2 rings (SSSR count). The lowest BCUT2D eigenvalue weighted by molar-refractivity contribution is 0.0783. The molecule has 1 fully saturated rings. The van der Waals surface area contributed by atoms with Gasteiger partial charge in [-0.05, 0) is 32.6 Å². The highest BCUT2D eigenvalue weighted by atomic mass is 35.5. The zero-order chi connectivity index (χ0) is 14.2. The van der Waals surface area contributed by atoms with Crippen LogP contribution in [0.2, 0.25) is 10.0 Å². The van der Waals surface area contributed by atoms with E-state index in [-0.39, 0.29) is 5.91 Å². The van der Waals surface area contributed by atoms with Crippen LogP contribution in [-0.2, 0) is 0 Å². The number of likely N-dealkylation sites (tertiary alicyclic amines) is 1. The van der Waals surface area contributed by atoms with Gasteiger partial charge < -0.3 is 15.5 Å². The number of benzene rings is 1. The van der Waals surface area contributed by atoms with Crippen molar-refractivity contribution in [2.24, 2.45) is 0 Å². The lowest BCUT2D eigenvalue weighted by Gasteiger charge is -2.20. The van der Waals surface area contributed by atoms with E-state index in [0.29, 0.717) is 27.3 Å². The van der Waals surface area contributed by atoms with E-state index in [2.05, 4.69) is 4.90 Å². The van der Waals surface area contributed by atoms with Gasteiger partial charge in [0.05, 0.1) is 15.7 Å². The third-order valence-corrected chi connectivity index (χ3v) is 4.30. The zero-order valence-electron chi connectivity index (χ0n) is 11.0. The quantitative estimate of drug-likeness (QED) is 0.853. The minimum atomic E-state index is -0.0467. The Morgan fingerprint density at radius 1 is 1.42 bits per heavy atom. The van der Waals surface area contributed by atoms with Gasteiger partial charge in [-0.3, -0.25) is 4.79 Å². The van der Waals surface area contributed by atoms with Crippen molar-refractivity contribution < 1.29 is 4.79 Å². The van der Waals surface area contributed by atoms with Gasteiger partial charge in [-0.25, -0.2) is 0 Å². The van der Waals surface area contributed by atoms with E-state index in [4.69, 9.17) is 28.9 Å². The van der Waals surface area contributed by atoms with Crippen LogP contribution >= 0.6 is 23.2 Å². The molecule has 4 nitrogen and oxygen atoms in total. The van der Waals surface area contributed by atoms with Gasteiger partial charge in [0.2, 0.25) is 0 Å². The molecule has 6 heteroatoms. The second kappa shape index (κ2) is 5.57. The van der Waals surface area contributed by atoms with Crippen molar-refractivity contribution in [2.75, 3.05) is 32.9 Å². The molecule has 1 aliphatic rings. The monoisotopic (exact) mass is 301 g/mol.